The van der Waals surface area contributed by atoms with E-state index in [4.69, 9.17) is 4.74 Å². The molecule has 0 heterocycles. The maximum atomic E-state index is 14.6. The van der Waals surface area contributed by atoms with Gasteiger partial charge in [-0.3, -0.25) is 9.59 Å². The first-order valence-corrected chi connectivity index (χ1v) is 11.9. The second-order valence-electron chi connectivity index (χ2n) is 8.66. The minimum Gasteiger partial charge on any atom is -0.497 e. The number of hydrogen-bond donors (Lipinski definition) is 1. The summed E-state index contributed by atoms with van der Waals surface area (Å²) in [6.45, 7) is 3.91. The summed E-state index contributed by atoms with van der Waals surface area (Å²) in [5.41, 5.74) is 2.08. The van der Waals surface area contributed by atoms with Gasteiger partial charge in [0.25, 0.3) is 0 Å². The molecule has 1 N–H and O–H groups in total. The van der Waals surface area contributed by atoms with Gasteiger partial charge in [-0.25, -0.2) is 4.39 Å². The van der Waals surface area contributed by atoms with Gasteiger partial charge in [-0.1, -0.05) is 67.6 Å². The van der Waals surface area contributed by atoms with Crippen LogP contribution in [0.4, 0.5) is 4.39 Å². The van der Waals surface area contributed by atoms with E-state index in [0.29, 0.717) is 17.7 Å². The molecule has 0 spiro atoms. The Labute approximate surface area is 206 Å². The van der Waals surface area contributed by atoms with Gasteiger partial charge in [0.1, 0.15) is 17.6 Å². The number of carbonyl (C=O) groups excluding carboxylic acids is 2. The highest BCUT2D eigenvalue weighted by atomic mass is 19.1. The van der Waals surface area contributed by atoms with Crippen molar-refractivity contribution in [2.75, 3.05) is 7.11 Å². The molecule has 184 valence electrons. The zero-order chi connectivity index (χ0) is 25.2. The fourth-order valence-corrected chi connectivity index (χ4v) is 3.82. The summed E-state index contributed by atoms with van der Waals surface area (Å²) in [6, 6.07) is 22.3. The largest absolute Gasteiger partial charge is 0.497 e. The molecule has 35 heavy (non-hydrogen) atoms. The minimum absolute atomic E-state index is 0.00686. The quantitative estimate of drug-likeness (QED) is 0.427. The molecule has 3 aromatic rings. The van der Waals surface area contributed by atoms with Crippen molar-refractivity contribution in [3.63, 3.8) is 0 Å². The van der Waals surface area contributed by atoms with Crippen molar-refractivity contribution in [3.05, 3.63) is 101 Å². The topological polar surface area (TPSA) is 58.6 Å². The lowest BCUT2D eigenvalue weighted by Crippen LogP contribution is -2.52. The van der Waals surface area contributed by atoms with Crippen LogP contribution >= 0.6 is 0 Å². The monoisotopic (exact) mass is 476 g/mol. The molecular formula is C29H33FN2O3. The maximum Gasteiger partial charge on any atom is 0.243 e. The first-order valence-electron chi connectivity index (χ1n) is 11.9. The first kappa shape index (κ1) is 25.9. The Morgan fingerprint density at radius 3 is 2.23 bits per heavy atom. The molecule has 0 saturated carbocycles. The highest BCUT2D eigenvalue weighted by molar-refractivity contribution is 5.89. The van der Waals surface area contributed by atoms with Crippen LogP contribution in [0.1, 0.15) is 37.0 Å². The van der Waals surface area contributed by atoms with Crippen LogP contribution < -0.4 is 10.1 Å². The molecule has 0 fully saturated rings. The lowest BCUT2D eigenvalue weighted by atomic mass is 10.0. The minimum atomic E-state index is -0.795. The molecule has 3 aromatic carbocycles. The van der Waals surface area contributed by atoms with Crippen LogP contribution in [-0.4, -0.2) is 35.9 Å². The highest BCUT2D eigenvalue weighted by Crippen LogP contribution is 2.19. The van der Waals surface area contributed by atoms with Gasteiger partial charge in [-0.15, -0.1) is 0 Å². The van der Waals surface area contributed by atoms with E-state index >= 15 is 0 Å². The normalized spacial score (nSPS) is 12.5. The Balaban J connectivity index is 1.97. The number of hydrogen-bond acceptors (Lipinski definition) is 3. The number of nitrogens with one attached hydrogen (secondary N) is 1. The van der Waals surface area contributed by atoms with E-state index in [2.05, 4.69) is 5.32 Å². The van der Waals surface area contributed by atoms with Crippen LogP contribution in [0.25, 0.3) is 0 Å². The summed E-state index contributed by atoms with van der Waals surface area (Å²) in [5.74, 6) is -0.212. The van der Waals surface area contributed by atoms with E-state index in [1.54, 1.807) is 37.4 Å². The molecule has 3 rings (SSSR count). The second-order valence-corrected chi connectivity index (χ2v) is 8.66. The van der Waals surface area contributed by atoms with E-state index in [9.17, 15) is 14.0 Å². The van der Waals surface area contributed by atoms with Gasteiger partial charge in [0.2, 0.25) is 11.8 Å². The van der Waals surface area contributed by atoms with E-state index in [0.717, 1.165) is 17.5 Å². The number of rotatable bonds is 11. The lowest BCUT2D eigenvalue weighted by Gasteiger charge is -2.32. The van der Waals surface area contributed by atoms with Crippen molar-refractivity contribution in [3.8, 4) is 5.75 Å². The third-order valence-electron chi connectivity index (χ3n) is 6.09. The van der Waals surface area contributed by atoms with Crippen LogP contribution in [0.5, 0.6) is 5.75 Å². The van der Waals surface area contributed by atoms with E-state index in [1.165, 1.54) is 11.0 Å². The number of ether oxygens (including phenoxy) is 1. The number of benzene rings is 3. The van der Waals surface area contributed by atoms with Crippen LogP contribution in [-0.2, 0) is 29.0 Å². The SMILES string of the molecule is CCC(C)NC(=O)C(Cc1ccccc1)N(Cc1ccccc1F)C(=O)Cc1ccc(OC)cc1. The van der Waals surface area contributed by atoms with E-state index in [1.807, 2.05) is 56.3 Å². The molecule has 5 nitrogen and oxygen atoms in total. The Morgan fingerprint density at radius 1 is 0.943 bits per heavy atom. The molecule has 0 radical (unpaired) electrons. The zero-order valence-corrected chi connectivity index (χ0v) is 20.5. The average Bonchev–Trinajstić information content (AvgIpc) is 2.88. The molecule has 0 aliphatic heterocycles. The third kappa shape index (κ3) is 7.41. The van der Waals surface area contributed by atoms with Gasteiger partial charge in [0.15, 0.2) is 0 Å². The van der Waals surface area contributed by atoms with Crippen LogP contribution in [0, 0.1) is 5.82 Å². The molecule has 2 amide bonds. The summed E-state index contributed by atoms with van der Waals surface area (Å²) in [4.78, 5) is 28.6. The van der Waals surface area contributed by atoms with Crippen molar-refractivity contribution in [1.29, 1.82) is 0 Å². The molecule has 6 heteroatoms. The molecule has 2 atom stereocenters. The maximum absolute atomic E-state index is 14.6. The molecule has 0 aliphatic carbocycles. The van der Waals surface area contributed by atoms with Gasteiger partial charge in [-0.2, -0.15) is 0 Å². The Hall–Kier alpha value is -3.67. The molecule has 0 aliphatic rings. The van der Waals surface area contributed by atoms with E-state index in [-0.39, 0.29) is 30.8 Å². The van der Waals surface area contributed by atoms with Crippen molar-refractivity contribution in [1.82, 2.24) is 10.2 Å². The van der Waals surface area contributed by atoms with Crippen molar-refractivity contribution in [2.45, 2.75) is 51.7 Å². The predicted molar refractivity (Wildman–Crippen MR) is 135 cm³/mol. The molecule has 0 aromatic heterocycles. The summed E-state index contributed by atoms with van der Waals surface area (Å²) in [7, 11) is 1.58. The fraction of sp³-hybridized carbons (Fsp3) is 0.310. The van der Waals surface area contributed by atoms with Gasteiger partial charge in [0, 0.05) is 24.6 Å². The third-order valence-corrected chi connectivity index (χ3v) is 6.09. The van der Waals surface area contributed by atoms with Crippen LogP contribution in [0.2, 0.25) is 0 Å². The Morgan fingerprint density at radius 2 is 1.60 bits per heavy atom. The number of nitrogens with zero attached hydrogens (tertiary/aromatic N) is 1. The van der Waals surface area contributed by atoms with Crippen LogP contribution in [0.3, 0.4) is 0 Å². The van der Waals surface area contributed by atoms with Crippen molar-refractivity contribution >= 4 is 11.8 Å². The second kappa shape index (κ2) is 12.7. The van der Waals surface area contributed by atoms with Crippen LogP contribution in [0.15, 0.2) is 78.9 Å². The smallest absolute Gasteiger partial charge is 0.243 e. The highest BCUT2D eigenvalue weighted by Gasteiger charge is 2.31. The number of halogens is 1. The molecule has 0 saturated heterocycles. The summed E-state index contributed by atoms with van der Waals surface area (Å²) in [6.07, 6.45) is 1.17. The van der Waals surface area contributed by atoms with Gasteiger partial charge < -0.3 is 15.0 Å². The average molecular weight is 477 g/mol. The summed E-state index contributed by atoms with van der Waals surface area (Å²) < 4.78 is 19.8. The summed E-state index contributed by atoms with van der Waals surface area (Å²) in [5, 5.41) is 3.02. The Kier molecular flexibility index (Phi) is 9.41. The standard InChI is InChI=1S/C29H33FN2O3/c1-4-21(2)31-29(34)27(18-22-10-6-5-7-11-22)32(20-24-12-8-9-13-26(24)30)28(33)19-23-14-16-25(35-3)17-15-23/h5-17,21,27H,4,18-20H2,1-3H3,(H,31,34). The van der Waals surface area contributed by atoms with Gasteiger partial charge in [0.05, 0.1) is 13.5 Å². The van der Waals surface area contributed by atoms with Gasteiger partial charge >= 0.3 is 0 Å². The Bertz CT molecular complexity index is 1100. The van der Waals surface area contributed by atoms with E-state index < -0.39 is 11.9 Å². The lowest BCUT2D eigenvalue weighted by molar-refractivity contribution is -0.141. The molecule has 2 unspecified atom stereocenters. The number of amides is 2. The number of methoxy groups -OCH3 is 1. The fourth-order valence-electron chi connectivity index (χ4n) is 3.82. The predicted octanol–water partition coefficient (Wildman–Crippen LogP) is 4.93. The van der Waals surface area contributed by atoms with Crippen molar-refractivity contribution in [2.24, 2.45) is 0 Å². The molecule has 0 bridgehead atoms. The zero-order valence-electron chi connectivity index (χ0n) is 20.5. The number of carbonyl (C=O) groups is 2. The van der Waals surface area contributed by atoms with Crippen molar-refractivity contribution < 1.29 is 18.7 Å². The first-order chi connectivity index (χ1) is 16.9. The molecular weight excluding hydrogens is 443 g/mol. The van der Waals surface area contributed by atoms with Gasteiger partial charge in [-0.05, 0) is 42.7 Å². The summed E-state index contributed by atoms with van der Waals surface area (Å²) >= 11 is 0.